The summed E-state index contributed by atoms with van der Waals surface area (Å²) in [6.45, 7) is 1.83. The Morgan fingerprint density at radius 2 is 2.19 bits per heavy atom. The monoisotopic (exact) mass is 305 g/mol. The molecule has 1 aromatic heterocycles. The van der Waals surface area contributed by atoms with Gasteiger partial charge in [0.2, 0.25) is 11.0 Å². The second kappa shape index (κ2) is 5.76. The van der Waals surface area contributed by atoms with Crippen LogP contribution in [-0.4, -0.2) is 27.3 Å². The summed E-state index contributed by atoms with van der Waals surface area (Å²) in [5, 5.41) is 21.6. The van der Waals surface area contributed by atoms with Crippen molar-refractivity contribution in [1.82, 2.24) is 21.0 Å². The first-order chi connectivity index (χ1) is 10.1. The number of hydrogen-bond donors (Lipinski definition) is 4. The molecule has 0 aliphatic carbocycles. The van der Waals surface area contributed by atoms with E-state index >= 15 is 0 Å². The van der Waals surface area contributed by atoms with Crippen molar-refractivity contribution in [2.45, 2.75) is 25.4 Å². The van der Waals surface area contributed by atoms with E-state index in [4.69, 9.17) is 0 Å². The molecule has 2 unspecified atom stereocenters. The second-order valence-electron chi connectivity index (χ2n) is 4.80. The van der Waals surface area contributed by atoms with Crippen molar-refractivity contribution in [2.24, 2.45) is 0 Å². The van der Waals surface area contributed by atoms with Crippen molar-refractivity contribution in [1.29, 1.82) is 0 Å². The van der Waals surface area contributed by atoms with Crippen LogP contribution in [-0.2, 0) is 4.79 Å². The lowest BCUT2D eigenvalue weighted by Crippen LogP contribution is -2.39. The van der Waals surface area contributed by atoms with Gasteiger partial charge in [-0.2, -0.15) is 0 Å². The van der Waals surface area contributed by atoms with Crippen molar-refractivity contribution >= 4 is 22.4 Å². The van der Waals surface area contributed by atoms with Gasteiger partial charge in [-0.25, -0.2) is 10.9 Å². The lowest BCUT2D eigenvalue weighted by atomic mass is 10.0. The Bertz CT molecular complexity index is 660. The molecule has 1 aliphatic heterocycles. The van der Waals surface area contributed by atoms with Gasteiger partial charge < -0.3 is 5.11 Å². The van der Waals surface area contributed by atoms with Crippen molar-refractivity contribution in [3.8, 4) is 5.75 Å². The zero-order valence-corrected chi connectivity index (χ0v) is 12.1. The number of para-hydroxylation sites is 1. The summed E-state index contributed by atoms with van der Waals surface area (Å²) in [6.07, 6.45) is 0.543. The van der Waals surface area contributed by atoms with E-state index in [9.17, 15) is 9.90 Å². The predicted octanol–water partition coefficient (Wildman–Crippen LogP) is 1.10. The normalized spacial score (nSPS) is 21.4. The third-order valence-electron chi connectivity index (χ3n) is 3.29. The summed E-state index contributed by atoms with van der Waals surface area (Å²) < 4.78 is 0. The summed E-state index contributed by atoms with van der Waals surface area (Å²) in [6, 6.07) is 6.59. The second-order valence-corrected chi connectivity index (χ2v) is 5.99. The lowest BCUT2D eigenvalue weighted by molar-refractivity contribution is -0.117. The van der Waals surface area contributed by atoms with Crippen LogP contribution in [0.1, 0.15) is 23.0 Å². The van der Waals surface area contributed by atoms with Gasteiger partial charge in [0.1, 0.15) is 16.8 Å². The summed E-state index contributed by atoms with van der Waals surface area (Å²) in [7, 11) is 0. The van der Waals surface area contributed by atoms with Crippen LogP contribution in [0.4, 0.5) is 5.13 Å². The van der Waals surface area contributed by atoms with Gasteiger partial charge in [0.15, 0.2) is 0 Å². The number of hydrazine groups is 1. The van der Waals surface area contributed by atoms with Crippen molar-refractivity contribution in [3.05, 3.63) is 34.8 Å². The maximum atomic E-state index is 12.1. The number of phenols is 1. The summed E-state index contributed by atoms with van der Waals surface area (Å²) in [5.74, 6) is 0.0502. The fourth-order valence-electron chi connectivity index (χ4n) is 2.25. The molecule has 2 heterocycles. The number of aryl methyl sites for hydroxylation is 1. The molecule has 1 aromatic carbocycles. The van der Waals surface area contributed by atoms with Gasteiger partial charge in [-0.3, -0.25) is 10.1 Å². The highest BCUT2D eigenvalue weighted by Gasteiger charge is 2.31. The number of amides is 1. The van der Waals surface area contributed by atoms with Crippen LogP contribution in [0, 0.1) is 6.92 Å². The van der Waals surface area contributed by atoms with Gasteiger partial charge in [0, 0.05) is 5.56 Å². The fourth-order valence-corrected chi connectivity index (χ4v) is 2.85. The molecule has 1 aliphatic rings. The maximum absolute atomic E-state index is 12.1. The van der Waals surface area contributed by atoms with Crippen molar-refractivity contribution in [2.75, 3.05) is 5.32 Å². The number of anilines is 1. The number of rotatable bonds is 3. The Labute approximate surface area is 125 Å². The zero-order valence-electron chi connectivity index (χ0n) is 11.3. The molecule has 2 atom stereocenters. The number of nitrogens with one attached hydrogen (secondary N) is 3. The van der Waals surface area contributed by atoms with Gasteiger partial charge in [0.05, 0.1) is 6.04 Å². The molecule has 1 saturated heterocycles. The van der Waals surface area contributed by atoms with Crippen LogP contribution in [0.5, 0.6) is 5.75 Å². The van der Waals surface area contributed by atoms with Gasteiger partial charge in [0.25, 0.3) is 0 Å². The molecule has 4 N–H and O–H groups in total. The molecule has 1 amide bonds. The summed E-state index contributed by atoms with van der Waals surface area (Å²) in [5.41, 5.74) is 6.75. The Hall–Kier alpha value is -2.03. The third kappa shape index (κ3) is 3.02. The largest absolute Gasteiger partial charge is 0.508 e. The number of nitrogens with zero attached hydrogens (tertiary/aromatic N) is 2. The van der Waals surface area contributed by atoms with Crippen LogP contribution < -0.4 is 16.2 Å². The average Bonchev–Trinajstić information content (AvgIpc) is 3.09. The van der Waals surface area contributed by atoms with Crippen molar-refractivity contribution in [3.63, 3.8) is 0 Å². The minimum absolute atomic E-state index is 0.113. The number of hydrogen-bond acceptors (Lipinski definition) is 7. The summed E-state index contributed by atoms with van der Waals surface area (Å²) in [4.78, 5) is 12.1. The molecule has 21 heavy (non-hydrogen) atoms. The molecule has 2 aromatic rings. The molecule has 110 valence electrons. The number of carbonyl (C=O) groups excluding carboxylic acids is 1. The molecule has 0 spiro atoms. The minimum atomic E-state index is -0.390. The van der Waals surface area contributed by atoms with Crippen LogP contribution in [0.2, 0.25) is 0 Å². The molecular weight excluding hydrogens is 290 g/mol. The quantitative estimate of drug-likeness (QED) is 0.678. The van der Waals surface area contributed by atoms with E-state index < -0.39 is 0 Å². The predicted molar refractivity (Wildman–Crippen MR) is 78.8 cm³/mol. The van der Waals surface area contributed by atoms with E-state index in [0.29, 0.717) is 11.6 Å². The molecular formula is C13H15N5O2S. The lowest BCUT2D eigenvalue weighted by Gasteiger charge is -2.11. The Morgan fingerprint density at radius 1 is 1.38 bits per heavy atom. The molecule has 0 radical (unpaired) electrons. The van der Waals surface area contributed by atoms with E-state index in [1.807, 2.05) is 19.1 Å². The molecule has 3 rings (SSSR count). The summed E-state index contributed by atoms with van der Waals surface area (Å²) >= 11 is 1.33. The molecule has 1 fully saturated rings. The number of carbonyl (C=O) groups is 1. The van der Waals surface area contributed by atoms with Crippen LogP contribution in [0.3, 0.4) is 0 Å². The van der Waals surface area contributed by atoms with Gasteiger partial charge in [-0.15, -0.1) is 10.2 Å². The van der Waals surface area contributed by atoms with Gasteiger partial charge in [-0.05, 0) is 19.4 Å². The molecule has 0 bridgehead atoms. The first-order valence-electron chi connectivity index (χ1n) is 6.53. The van der Waals surface area contributed by atoms with E-state index in [1.165, 1.54) is 11.3 Å². The first-order valence-corrected chi connectivity index (χ1v) is 7.35. The van der Waals surface area contributed by atoms with Crippen LogP contribution in [0.15, 0.2) is 24.3 Å². The van der Waals surface area contributed by atoms with Crippen LogP contribution >= 0.6 is 11.3 Å². The highest BCUT2D eigenvalue weighted by Crippen LogP contribution is 2.29. The standard InChI is InChI=1S/C13H15N5O2S/c1-7-15-18-13(21-7)14-12(20)10-6-9(16-17-10)8-4-2-3-5-11(8)19/h2-5,9-10,16-17,19H,6H2,1H3,(H,14,18,20). The Morgan fingerprint density at radius 3 is 2.90 bits per heavy atom. The Balaban J connectivity index is 1.64. The molecule has 8 heteroatoms. The molecule has 0 saturated carbocycles. The molecule has 7 nitrogen and oxygen atoms in total. The topological polar surface area (TPSA) is 99.2 Å². The number of phenolic OH excluding ortho intramolecular Hbond substituents is 1. The highest BCUT2D eigenvalue weighted by atomic mass is 32.1. The maximum Gasteiger partial charge on any atom is 0.244 e. The minimum Gasteiger partial charge on any atom is -0.508 e. The number of aromatic nitrogens is 2. The zero-order chi connectivity index (χ0) is 14.8. The van der Waals surface area contributed by atoms with Gasteiger partial charge in [-0.1, -0.05) is 29.5 Å². The average molecular weight is 305 g/mol. The van der Waals surface area contributed by atoms with E-state index in [-0.39, 0.29) is 23.7 Å². The van der Waals surface area contributed by atoms with Crippen molar-refractivity contribution < 1.29 is 9.90 Å². The Kier molecular flexibility index (Phi) is 3.82. The number of benzene rings is 1. The highest BCUT2D eigenvalue weighted by molar-refractivity contribution is 7.15. The van der Waals surface area contributed by atoms with Gasteiger partial charge >= 0.3 is 0 Å². The fraction of sp³-hybridized carbons (Fsp3) is 0.308. The SMILES string of the molecule is Cc1nnc(NC(=O)C2CC(c3ccccc3O)NN2)s1. The first kappa shape index (κ1) is 13.9. The van der Waals surface area contributed by atoms with E-state index in [0.717, 1.165) is 10.6 Å². The van der Waals surface area contributed by atoms with E-state index in [2.05, 4.69) is 26.4 Å². The van der Waals surface area contributed by atoms with E-state index in [1.54, 1.807) is 12.1 Å². The third-order valence-corrected chi connectivity index (χ3v) is 4.04. The number of aromatic hydroxyl groups is 1. The van der Waals surface area contributed by atoms with Crippen LogP contribution in [0.25, 0.3) is 0 Å². The smallest absolute Gasteiger partial charge is 0.244 e.